The molecule has 172 valence electrons. The van der Waals surface area contributed by atoms with Gasteiger partial charge in [-0.05, 0) is 55.5 Å². The second-order valence-corrected chi connectivity index (χ2v) is 9.03. The van der Waals surface area contributed by atoms with E-state index in [1.54, 1.807) is 33.5 Å². The number of rotatable bonds is 7. The largest absolute Gasteiger partial charge is 0.493 e. The van der Waals surface area contributed by atoms with Crippen LogP contribution >= 0.6 is 11.6 Å². The van der Waals surface area contributed by atoms with E-state index >= 15 is 0 Å². The van der Waals surface area contributed by atoms with Crippen LogP contribution in [0.2, 0.25) is 5.02 Å². The number of benzene rings is 2. The van der Waals surface area contributed by atoms with Crippen LogP contribution in [0.1, 0.15) is 48.0 Å². The highest BCUT2D eigenvalue weighted by Crippen LogP contribution is 2.39. The van der Waals surface area contributed by atoms with Crippen LogP contribution in [0, 0.1) is 0 Å². The minimum absolute atomic E-state index is 0.113. The van der Waals surface area contributed by atoms with E-state index in [0.29, 0.717) is 34.9 Å². The van der Waals surface area contributed by atoms with Crippen LogP contribution in [-0.4, -0.2) is 50.3 Å². The number of carbonyl (C=O) groups is 1. The molecule has 2 aliphatic rings. The lowest BCUT2D eigenvalue weighted by atomic mass is 9.81. The fourth-order valence-corrected chi connectivity index (χ4v) is 5.26. The molecule has 0 radical (unpaired) electrons. The highest BCUT2D eigenvalue weighted by Gasteiger charge is 2.38. The number of hydrogen-bond donors (Lipinski definition) is 1. The van der Waals surface area contributed by atoms with Crippen LogP contribution < -0.4 is 19.5 Å². The molecule has 2 aliphatic heterocycles. The van der Waals surface area contributed by atoms with Gasteiger partial charge in [-0.15, -0.1) is 0 Å². The Morgan fingerprint density at radius 3 is 2.12 bits per heavy atom. The first-order valence-corrected chi connectivity index (χ1v) is 11.5. The summed E-state index contributed by atoms with van der Waals surface area (Å²) >= 11 is 6.05. The van der Waals surface area contributed by atoms with Crippen molar-refractivity contribution in [3.63, 3.8) is 0 Å². The summed E-state index contributed by atoms with van der Waals surface area (Å²) in [5.41, 5.74) is 1.79. The number of nitrogens with one attached hydrogen (secondary N) is 1. The van der Waals surface area contributed by atoms with Crippen LogP contribution in [0.25, 0.3) is 0 Å². The molecule has 3 atom stereocenters. The predicted molar refractivity (Wildman–Crippen MR) is 125 cm³/mol. The summed E-state index contributed by atoms with van der Waals surface area (Å²) in [5, 5.41) is 4.03. The molecule has 2 aromatic rings. The molecular formula is C25H31ClN2O4. The number of halogens is 1. The lowest BCUT2D eigenvalue weighted by Crippen LogP contribution is -2.56. The maximum atomic E-state index is 13.1. The SMILES string of the molecule is COc1cc(C(=O)NC2C[C@H]3CCC[C@@H](C2)N3Cc2ccc(Cl)cc2)cc(OC)c1OC. The van der Waals surface area contributed by atoms with E-state index in [9.17, 15) is 4.79 Å². The lowest BCUT2D eigenvalue weighted by molar-refractivity contribution is 0.0177. The Balaban J connectivity index is 1.45. The zero-order valence-corrected chi connectivity index (χ0v) is 19.7. The maximum absolute atomic E-state index is 13.1. The van der Waals surface area contributed by atoms with Gasteiger partial charge in [-0.3, -0.25) is 9.69 Å². The fraction of sp³-hybridized carbons (Fsp3) is 0.480. The van der Waals surface area contributed by atoms with Crippen LogP contribution in [-0.2, 0) is 6.54 Å². The number of piperidine rings is 2. The van der Waals surface area contributed by atoms with E-state index in [1.165, 1.54) is 24.8 Å². The fourth-order valence-electron chi connectivity index (χ4n) is 5.14. The van der Waals surface area contributed by atoms with Crippen molar-refractivity contribution in [1.82, 2.24) is 10.2 Å². The Morgan fingerprint density at radius 2 is 1.59 bits per heavy atom. The first kappa shape index (κ1) is 22.7. The van der Waals surface area contributed by atoms with Gasteiger partial charge in [0.2, 0.25) is 5.75 Å². The average Bonchev–Trinajstić information content (AvgIpc) is 2.79. The Kier molecular flexibility index (Phi) is 7.11. The van der Waals surface area contributed by atoms with Gasteiger partial charge in [-0.2, -0.15) is 0 Å². The third-order valence-electron chi connectivity index (χ3n) is 6.67. The molecule has 1 amide bonds. The normalized spacial score (nSPS) is 22.8. The third kappa shape index (κ3) is 4.81. The van der Waals surface area contributed by atoms with Crippen molar-refractivity contribution >= 4 is 17.5 Å². The Labute approximate surface area is 194 Å². The smallest absolute Gasteiger partial charge is 0.251 e. The highest BCUT2D eigenvalue weighted by atomic mass is 35.5. The molecule has 2 saturated heterocycles. The number of nitrogens with zero attached hydrogens (tertiary/aromatic N) is 1. The van der Waals surface area contributed by atoms with Crippen LogP contribution in [0.5, 0.6) is 17.2 Å². The van der Waals surface area contributed by atoms with Crippen molar-refractivity contribution in [1.29, 1.82) is 0 Å². The van der Waals surface area contributed by atoms with E-state index in [4.69, 9.17) is 25.8 Å². The van der Waals surface area contributed by atoms with Gasteiger partial charge in [0.05, 0.1) is 21.3 Å². The summed E-state index contributed by atoms with van der Waals surface area (Å²) in [4.78, 5) is 15.7. The van der Waals surface area contributed by atoms with Gasteiger partial charge in [0, 0.05) is 35.3 Å². The first-order valence-electron chi connectivity index (χ1n) is 11.1. The van der Waals surface area contributed by atoms with E-state index in [0.717, 1.165) is 24.4 Å². The van der Waals surface area contributed by atoms with Crippen molar-refractivity contribution in [2.45, 2.75) is 56.8 Å². The molecule has 1 unspecified atom stereocenters. The number of carbonyl (C=O) groups excluding carboxylic acids is 1. The van der Waals surface area contributed by atoms with Crippen molar-refractivity contribution < 1.29 is 19.0 Å². The topological polar surface area (TPSA) is 60.0 Å². The van der Waals surface area contributed by atoms with Gasteiger partial charge in [0.1, 0.15) is 0 Å². The van der Waals surface area contributed by atoms with Crippen LogP contribution in [0.15, 0.2) is 36.4 Å². The molecule has 0 aromatic heterocycles. The molecule has 0 saturated carbocycles. The van der Waals surface area contributed by atoms with E-state index in [2.05, 4.69) is 22.3 Å². The molecular weight excluding hydrogens is 428 g/mol. The predicted octanol–water partition coefficient (Wildman–Crippen LogP) is 4.68. The summed E-state index contributed by atoms with van der Waals surface area (Å²) in [6, 6.07) is 12.6. The van der Waals surface area contributed by atoms with Gasteiger partial charge in [-0.25, -0.2) is 0 Å². The zero-order chi connectivity index (χ0) is 22.7. The van der Waals surface area contributed by atoms with Crippen molar-refractivity contribution in [3.8, 4) is 17.2 Å². The number of amides is 1. The van der Waals surface area contributed by atoms with Crippen molar-refractivity contribution in [2.24, 2.45) is 0 Å². The van der Waals surface area contributed by atoms with Crippen LogP contribution in [0.3, 0.4) is 0 Å². The summed E-state index contributed by atoms with van der Waals surface area (Å²) in [6.45, 7) is 0.931. The molecule has 32 heavy (non-hydrogen) atoms. The van der Waals surface area contributed by atoms with Crippen LogP contribution in [0.4, 0.5) is 0 Å². The van der Waals surface area contributed by atoms with Gasteiger partial charge < -0.3 is 19.5 Å². The summed E-state index contributed by atoms with van der Waals surface area (Å²) in [6.07, 6.45) is 5.50. The van der Waals surface area contributed by atoms with Crippen molar-refractivity contribution in [2.75, 3.05) is 21.3 Å². The zero-order valence-electron chi connectivity index (χ0n) is 18.9. The Morgan fingerprint density at radius 1 is 1.00 bits per heavy atom. The molecule has 6 nitrogen and oxygen atoms in total. The van der Waals surface area contributed by atoms with E-state index in [1.807, 2.05) is 12.1 Å². The molecule has 1 N–H and O–H groups in total. The maximum Gasteiger partial charge on any atom is 0.251 e. The van der Waals surface area contributed by atoms with Gasteiger partial charge in [0.15, 0.2) is 11.5 Å². The van der Waals surface area contributed by atoms with Gasteiger partial charge in [0.25, 0.3) is 5.91 Å². The molecule has 2 heterocycles. The number of methoxy groups -OCH3 is 3. The number of ether oxygens (including phenoxy) is 3. The standard InChI is InChI=1S/C25H31ClN2O4/c1-30-22-11-17(12-23(31-2)24(22)32-3)25(29)27-19-13-20-5-4-6-21(14-19)28(20)15-16-7-9-18(26)10-8-16/h7-12,19-21H,4-6,13-15H2,1-3H3,(H,27,29)/t19?,20-,21+. The average molecular weight is 459 g/mol. The summed E-state index contributed by atoms with van der Waals surface area (Å²) in [7, 11) is 4.66. The minimum atomic E-state index is -0.113. The summed E-state index contributed by atoms with van der Waals surface area (Å²) in [5.74, 6) is 1.33. The Bertz CT molecular complexity index is 910. The minimum Gasteiger partial charge on any atom is -0.493 e. The van der Waals surface area contributed by atoms with Gasteiger partial charge >= 0.3 is 0 Å². The number of fused-ring (bicyclic) bond motifs is 2. The molecule has 2 aromatic carbocycles. The molecule has 0 aliphatic carbocycles. The summed E-state index contributed by atoms with van der Waals surface area (Å²) < 4.78 is 16.2. The van der Waals surface area contributed by atoms with E-state index in [-0.39, 0.29) is 11.9 Å². The van der Waals surface area contributed by atoms with E-state index < -0.39 is 0 Å². The monoisotopic (exact) mass is 458 g/mol. The van der Waals surface area contributed by atoms with Crippen molar-refractivity contribution in [3.05, 3.63) is 52.5 Å². The number of hydrogen-bond acceptors (Lipinski definition) is 5. The second kappa shape index (κ2) is 10.0. The lowest BCUT2D eigenvalue weighted by Gasteiger charge is -2.49. The quantitative estimate of drug-likeness (QED) is 0.652. The first-order chi connectivity index (χ1) is 15.5. The Hall–Kier alpha value is -2.44. The molecule has 2 fully saturated rings. The van der Waals surface area contributed by atoms with Gasteiger partial charge in [-0.1, -0.05) is 30.2 Å². The molecule has 7 heteroatoms. The molecule has 0 spiro atoms. The third-order valence-corrected chi connectivity index (χ3v) is 6.92. The second-order valence-electron chi connectivity index (χ2n) is 8.59. The molecule has 4 rings (SSSR count). The molecule has 2 bridgehead atoms. The highest BCUT2D eigenvalue weighted by molar-refractivity contribution is 6.30.